The number of fused-ring (bicyclic) bond motifs is 1. The van der Waals surface area contributed by atoms with Gasteiger partial charge in [-0.05, 0) is 37.9 Å². The number of hydrogen-bond acceptors (Lipinski definition) is 2. The minimum atomic E-state index is -1.17. The molecule has 2 atom stereocenters. The lowest BCUT2D eigenvalue weighted by Gasteiger charge is -2.47. The minimum Gasteiger partial charge on any atom is -0.298 e. The van der Waals surface area contributed by atoms with E-state index >= 15 is 0 Å². The van der Waals surface area contributed by atoms with Crippen LogP contribution in [0.3, 0.4) is 0 Å². The molecule has 0 aromatic heterocycles. The van der Waals surface area contributed by atoms with Crippen molar-refractivity contribution in [1.29, 1.82) is 0 Å². The van der Waals surface area contributed by atoms with E-state index in [4.69, 9.17) is 0 Å². The molecule has 2 rings (SSSR count). The third-order valence-electron chi connectivity index (χ3n) is 4.05. The first-order chi connectivity index (χ1) is 7.00. The Morgan fingerprint density at radius 2 is 1.87 bits per heavy atom. The van der Waals surface area contributed by atoms with Crippen LogP contribution in [0.5, 0.6) is 0 Å². The van der Waals surface area contributed by atoms with Crippen LogP contribution in [-0.4, -0.2) is 37.9 Å². The van der Waals surface area contributed by atoms with Crippen molar-refractivity contribution in [3.63, 3.8) is 0 Å². The van der Waals surface area contributed by atoms with Gasteiger partial charge in [-0.3, -0.25) is 9.69 Å². The number of carbonyl (C=O) groups excluding carboxylic acids is 1. The third kappa shape index (κ3) is 2.18. The highest BCUT2D eigenvalue weighted by molar-refractivity contribution is 6.78. The summed E-state index contributed by atoms with van der Waals surface area (Å²) in [6.45, 7) is 9.59. The molecule has 0 unspecified atom stereocenters. The molecular formula is C12H23NOSi. The molecule has 0 bridgehead atoms. The van der Waals surface area contributed by atoms with E-state index in [0.29, 0.717) is 17.4 Å². The molecule has 15 heavy (non-hydrogen) atoms. The fourth-order valence-corrected chi connectivity index (χ4v) is 5.67. The second-order valence-corrected chi connectivity index (χ2v) is 11.6. The summed E-state index contributed by atoms with van der Waals surface area (Å²) in [6, 6.07) is 0.305. The van der Waals surface area contributed by atoms with Crippen molar-refractivity contribution in [3.8, 4) is 0 Å². The molecule has 2 saturated heterocycles. The van der Waals surface area contributed by atoms with Crippen molar-refractivity contribution in [3.05, 3.63) is 0 Å². The van der Waals surface area contributed by atoms with E-state index in [1.165, 1.54) is 12.8 Å². The van der Waals surface area contributed by atoms with Gasteiger partial charge in [-0.1, -0.05) is 19.6 Å². The molecule has 2 heterocycles. The number of Topliss-reactive ketones (excluding diaryl/α,β-unsaturated/α-hetero) is 1. The third-order valence-corrected chi connectivity index (χ3v) is 6.87. The predicted molar refractivity (Wildman–Crippen MR) is 65.9 cm³/mol. The Kier molecular flexibility index (Phi) is 3.04. The standard InChI is InChI=1S/C12H23NOSi/c1-15(2,3)11-7-5-9-13-8-4-6-10(14)12(11)13/h11-12H,4-9H2,1-3H3/t11-,12-/m0/s1. The molecule has 3 heteroatoms. The lowest BCUT2D eigenvalue weighted by molar-refractivity contribution is -0.128. The molecule has 2 fully saturated rings. The summed E-state index contributed by atoms with van der Waals surface area (Å²) in [6.07, 6.45) is 4.53. The summed E-state index contributed by atoms with van der Waals surface area (Å²) in [5, 5.41) is 0. The van der Waals surface area contributed by atoms with Crippen LogP contribution in [0.15, 0.2) is 0 Å². The van der Waals surface area contributed by atoms with Crippen LogP contribution in [0.25, 0.3) is 0 Å². The molecule has 86 valence electrons. The van der Waals surface area contributed by atoms with Crippen molar-refractivity contribution in [2.24, 2.45) is 0 Å². The summed E-state index contributed by atoms with van der Waals surface area (Å²) in [5.74, 6) is 0.536. The monoisotopic (exact) mass is 225 g/mol. The fraction of sp³-hybridized carbons (Fsp3) is 0.917. The molecule has 2 aliphatic heterocycles. The molecule has 0 spiro atoms. The second kappa shape index (κ2) is 4.02. The molecule has 0 radical (unpaired) electrons. The van der Waals surface area contributed by atoms with Crippen LogP contribution in [-0.2, 0) is 4.79 Å². The first-order valence-corrected chi connectivity index (χ1v) is 9.84. The highest BCUT2D eigenvalue weighted by Crippen LogP contribution is 2.39. The van der Waals surface area contributed by atoms with E-state index in [1.807, 2.05) is 0 Å². The van der Waals surface area contributed by atoms with E-state index in [9.17, 15) is 4.79 Å². The number of nitrogens with zero attached hydrogens (tertiary/aromatic N) is 1. The van der Waals surface area contributed by atoms with Gasteiger partial charge in [0.1, 0.15) is 5.78 Å². The van der Waals surface area contributed by atoms with Crippen molar-refractivity contribution in [2.75, 3.05) is 13.1 Å². The molecule has 0 aromatic rings. The SMILES string of the molecule is C[Si](C)(C)[C@H]1CCCN2CCCC(=O)[C@@H]12. The smallest absolute Gasteiger partial charge is 0.150 e. The Morgan fingerprint density at radius 1 is 1.20 bits per heavy atom. The Labute approximate surface area is 94.0 Å². The van der Waals surface area contributed by atoms with Gasteiger partial charge in [0.2, 0.25) is 0 Å². The van der Waals surface area contributed by atoms with Crippen molar-refractivity contribution < 1.29 is 4.79 Å². The number of ketones is 1. The topological polar surface area (TPSA) is 20.3 Å². The van der Waals surface area contributed by atoms with Crippen LogP contribution < -0.4 is 0 Å². The molecular weight excluding hydrogens is 202 g/mol. The van der Waals surface area contributed by atoms with Gasteiger partial charge in [-0.15, -0.1) is 0 Å². The first kappa shape index (κ1) is 11.3. The maximum atomic E-state index is 12.1. The number of rotatable bonds is 1. The van der Waals surface area contributed by atoms with E-state index in [0.717, 1.165) is 25.9 Å². The molecule has 0 aliphatic carbocycles. The zero-order valence-electron chi connectivity index (χ0n) is 10.3. The van der Waals surface area contributed by atoms with Gasteiger partial charge in [0.15, 0.2) is 0 Å². The zero-order valence-corrected chi connectivity index (χ0v) is 11.3. The van der Waals surface area contributed by atoms with Crippen molar-refractivity contribution in [1.82, 2.24) is 4.90 Å². The Morgan fingerprint density at radius 3 is 2.53 bits per heavy atom. The van der Waals surface area contributed by atoms with E-state index in [2.05, 4.69) is 24.5 Å². The zero-order chi connectivity index (χ0) is 11.1. The summed E-state index contributed by atoms with van der Waals surface area (Å²) in [7, 11) is -1.17. The van der Waals surface area contributed by atoms with Gasteiger partial charge < -0.3 is 0 Å². The van der Waals surface area contributed by atoms with Crippen LogP contribution in [0, 0.1) is 0 Å². The normalized spacial score (nSPS) is 33.9. The summed E-state index contributed by atoms with van der Waals surface area (Å²) >= 11 is 0. The number of hydrogen-bond donors (Lipinski definition) is 0. The van der Waals surface area contributed by atoms with E-state index < -0.39 is 8.07 Å². The van der Waals surface area contributed by atoms with Gasteiger partial charge in [0.05, 0.1) is 6.04 Å². The van der Waals surface area contributed by atoms with Crippen LogP contribution in [0.4, 0.5) is 0 Å². The molecule has 0 amide bonds. The summed E-state index contributed by atoms with van der Waals surface area (Å²) in [4.78, 5) is 14.5. The molecule has 2 aliphatic rings. The summed E-state index contributed by atoms with van der Waals surface area (Å²) < 4.78 is 0. The number of carbonyl (C=O) groups is 1. The van der Waals surface area contributed by atoms with Crippen LogP contribution in [0.1, 0.15) is 25.7 Å². The minimum absolute atomic E-state index is 0.305. The summed E-state index contributed by atoms with van der Waals surface area (Å²) in [5.41, 5.74) is 0.707. The Bertz CT molecular complexity index is 257. The predicted octanol–water partition coefficient (Wildman–Crippen LogP) is 2.52. The average molecular weight is 225 g/mol. The second-order valence-electron chi connectivity index (χ2n) is 6.17. The average Bonchev–Trinajstić information content (AvgIpc) is 2.16. The van der Waals surface area contributed by atoms with Gasteiger partial charge in [-0.2, -0.15) is 0 Å². The van der Waals surface area contributed by atoms with E-state index in [1.54, 1.807) is 0 Å². The Hall–Kier alpha value is -0.153. The molecule has 0 N–H and O–H groups in total. The maximum Gasteiger partial charge on any atom is 0.150 e. The molecule has 0 saturated carbocycles. The molecule has 0 aromatic carbocycles. The Balaban J connectivity index is 2.20. The van der Waals surface area contributed by atoms with Gasteiger partial charge in [0, 0.05) is 14.5 Å². The lowest BCUT2D eigenvalue weighted by Crippen LogP contribution is -2.56. The first-order valence-electron chi connectivity index (χ1n) is 6.27. The lowest BCUT2D eigenvalue weighted by atomic mass is 9.91. The van der Waals surface area contributed by atoms with Gasteiger partial charge in [0.25, 0.3) is 0 Å². The van der Waals surface area contributed by atoms with Crippen LogP contribution in [0.2, 0.25) is 25.2 Å². The fourth-order valence-electron chi connectivity index (χ4n) is 3.26. The van der Waals surface area contributed by atoms with Crippen molar-refractivity contribution >= 4 is 13.9 Å². The maximum absolute atomic E-state index is 12.1. The van der Waals surface area contributed by atoms with Crippen LogP contribution >= 0.6 is 0 Å². The highest BCUT2D eigenvalue weighted by atomic mass is 28.3. The van der Waals surface area contributed by atoms with E-state index in [-0.39, 0.29) is 0 Å². The largest absolute Gasteiger partial charge is 0.298 e. The van der Waals surface area contributed by atoms with Gasteiger partial charge in [-0.25, -0.2) is 0 Å². The number of piperidine rings is 2. The van der Waals surface area contributed by atoms with Crippen molar-refractivity contribution in [2.45, 2.75) is 56.9 Å². The highest BCUT2D eigenvalue weighted by Gasteiger charge is 2.43. The quantitative estimate of drug-likeness (QED) is 0.639. The molecule has 2 nitrogen and oxygen atoms in total. The van der Waals surface area contributed by atoms with Gasteiger partial charge >= 0.3 is 0 Å².